The summed E-state index contributed by atoms with van der Waals surface area (Å²) < 4.78 is 1.13. The Bertz CT molecular complexity index is 225. The molecular weight excluding hydrogens is 189 g/mol. The summed E-state index contributed by atoms with van der Waals surface area (Å²) >= 11 is 0.371. The molecule has 0 aliphatic heterocycles. The van der Waals surface area contributed by atoms with Crippen molar-refractivity contribution in [2.75, 3.05) is 0 Å². The molecule has 0 unspecified atom stereocenters. The van der Waals surface area contributed by atoms with Crippen molar-refractivity contribution in [3.63, 3.8) is 0 Å². The zero-order valence-corrected chi connectivity index (χ0v) is 7.16. The van der Waals surface area contributed by atoms with Gasteiger partial charge in [-0.15, -0.1) is 0 Å². The first kappa shape index (κ1) is 7.34. The molecular formula is C8H7NSe. The number of terminal acetylenes is 1. The van der Waals surface area contributed by atoms with Crippen LogP contribution in [0.2, 0.25) is 5.32 Å². The molecule has 0 bridgehead atoms. The summed E-state index contributed by atoms with van der Waals surface area (Å²) in [7, 11) is 0. The van der Waals surface area contributed by atoms with Gasteiger partial charge in [0, 0.05) is 0 Å². The number of rotatable bonds is 2. The fraction of sp³-hybridized carbons (Fsp3) is 0.125. The first-order chi connectivity index (χ1) is 4.93. The summed E-state index contributed by atoms with van der Waals surface area (Å²) in [5.74, 6) is 2.60. The van der Waals surface area contributed by atoms with Gasteiger partial charge in [-0.05, 0) is 0 Å². The van der Waals surface area contributed by atoms with Crippen molar-refractivity contribution >= 4 is 19.5 Å². The number of nitrogens with zero attached hydrogens (tertiary/aromatic N) is 1. The minimum atomic E-state index is 0.371. The summed E-state index contributed by atoms with van der Waals surface area (Å²) in [4.78, 5) is 4.15. The second-order valence-corrected chi connectivity index (χ2v) is 3.75. The third-order valence-electron chi connectivity index (χ3n) is 0.941. The molecule has 10 heavy (non-hydrogen) atoms. The zero-order valence-electron chi connectivity index (χ0n) is 5.45. The number of pyridine rings is 1. The van der Waals surface area contributed by atoms with Crippen LogP contribution in [0.15, 0.2) is 24.4 Å². The van der Waals surface area contributed by atoms with Gasteiger partial charge in [-0.2, -0.15) is 0 Å². The molecule has 1 aromatic rings. The van der Waals surface area contributed by atoms with E-state index in [1.807, 2.05) is 18.2 Å². The van der Waals surface area contributed by atoms with Crippen molar-refractivity contribution < 1.29 is 0 Å². The summed E-state index contributed by atoms with van der Waals surface area (Å²) in [5.41, 5.74) is 0. The van der Waals surface area contributed by atoms with E-state index in [4.69, 9.17) is 6.42 Å². The second-order valence-electron chi connectivity index (χ2n) is 1.66. The van der Waals surface area contributed by atoms with E-state index in [2.05, 4.69) is 10.9 Å². The van der Waals surface area contributed by atoms with Gasteiger partial charge in [-0.3, -0.25) is 0 Å². The molecule has 0 saturated heterocycles. The molecule has 0 aliphatic rings. The van der Waals surface area contributed by atoms with Crippen LogP contribution < -0.4 is 4.59 Å². The van der Waals surface area contributed by atoms with Crippen LogP contribution in [0.3, 0.4) is 0 Å². The van der Waals surface area contributed by atoms with Crippen LogP contribution in [0, 0.1) is 12.3 Å². The standard InChI is InChI=1S/C8H7NSe/c1-2-7-10-8-5-3-4-6-9-8/h1,3-6H,7H2. The predicted molar refractivity (Wildman–Crippen MR) is 43.3 cm³/mol. The Morgan fingerprint density at radius 1 is 1.60 bits per heavy atom. The quantitative estimate of drug-likeness (QED) is 0.494. The molecule has 0 fully saturated rings. The Hall–Kier alpha value is -0.771. The van der Waals surface area contributed by atoms with Crippen LogP contribution in [0.1, 0.15) is 0 Å². The van der Waals surface area contributed by atoms with E-state index in [9.17, 15) is 0 Å². The van der Waals surface area contributed by atoms with Crippen molar-refractivity contribution in [1.82, 2.24) is 4.98 Å². The Morgan fingerprint density at radius 3 is 3.10 bits per heavy atom. The number of hydrogen-bond donors (Lipinski definition) is 0. The molecule has 0 amide bonds. The average Bonchev–Trinajstić information content (AvgIpc) is 2.03. The summed E-state index contributed by atoms with van der Waals surface area (Å²) in [6, 6.07) is 5.91. The van der Waals surface area contributed by atoms with Gasteiger partial charge in [0.15, 0.2) is 0 Å². The van der Waals surface area contributed by atoms with Crippen LogP contribution in [-0.2, 0) is 0 Å². The fourth-order valence-corrected chi connectivity index (χ4v) is 1.68. The van der Waals surface area contributed by atoms with Crippen LogP contribution in [0.5, 0.6) is 0 Å². The first-order valence-electron chi connectivity index (χ1n) is 2.91. The van der Waals surface area contributed by atoms with Crippen LogP contribution in [0.4, 0.5) is 0 Å². The monoisotopic (exact) mass is 197 g/mol. The molecule has 1 nitrogen and oxygen atoms in total. The summed E-state index contributed by atoms with van der Waals surface area (Å²) in [6.45, 7) is 0. The number of aromatic nitrogens is 1. The van der Waals surface area contributed by atoms with E-state index in [0.29, 0.717) is 15.0 Å². The van der Waals surface area contributed by atoms with Crippen LogP contribution in [-0.4, -0.2) is 19.9 Å². The molecule has 0 radical (unpaired) electrons. The van der Waals surface area contributed by atoms with Gasteiger partial charge in [0.2, 0.25) is 0 Å². The van der Waals surface area contributed by atoms with Gasteiger partial charge < -0.3 is 0 Å². The third kappa shape index (κ3) is 2.22. The van der Waals surface area contributed by atoms with Crippen molar-refractivity contribution in [3.8, 4) is 12.3 Å². The van der Waals surface area contributed by atoms with Crippen LogP contribution >= 0.6 is 0 Å². The number of hydrogen-bond acceptors (Lipinski definition) is 1. The zero-order chi connectivity index (χ0) is 7.23. The topological polar surface area (TPSA) is 12.9 Å². The molecule has 0 aromatic carbocycles. The molecule has 0 N–H and O–H groups in total. The minimum absolute atomic E-state index is 0.371. The fourth-order valence-electron chi connectivity index (χ4n) is 0.548. The van der Waals surface area contributed by atoms with Gasteiger partial charge in [0.25, 0.3) is 0 Å². The molecule has 0 saturated carbocycles. The van der Waals surface area contributed by atoms with Gasteiger partial charge in [0.05, 0.1) is 0 Å². The molecule has 1 rings (SSSR count). The van der Waals surface area contributed by atoms with E-state index in [1.54, 1.807) is 6.20 Å². The average molecular weight is 196 g/mol. The third-order valence-corrected chi connectivity index (χ3v) is 2.72. The van der Waals surface area contributed by atoms with E-state index >= 15 is 0 Å². The molecule has 0 atom stereocenters. The molecule has 0 aliphatic carbocycles. The molecule has 1 heterocycles. The van der Waals surface area contributed by atoms with E-state index in [1.165, 1.54) is 0 Å². The van der Waals surface area contributed by atoms with Crippen molar-refractivity contribution in [3.05, 3.63) is 24.4 Å². The van der Waals surface area contributed by atoms with E-state index in [0.717, 1.165) is 9.91 Å². The van der Waals surface area contributed by atoms with Gasteiger partial charge in [-0.25, -0.2) is 0 Å². The first-order valence-corrected chi connectivity index (χ1v) is 4.97. The molecule has 50 valence electrons. The Labute approximate surface area is 67.0 Å². The maximum absolute atomic E-state index is 5.11. The van der Waals surface area contributed by atoms with Gasteiger partial charge in [0.1, 0.15) is 0 Å². The molecule has 1 aromatic heterocycles. The van der Waals surface area contributed by atoms with E-state index in [-0.39, 0.29) is 0 Å². The Morgan fingerprint density at radius 2 is 2.50 bits per heavy atom. The van der Waals surface area contributed by atoms with Gasteiger partial charge in [-0.1, -0.05) is 0 Å². The summed E-state index contributed by atoms with van der Waals surface area (Å²) in [6.07, 6.45) is 6.91. The molecule has 0 spiro atoms. The maximum atomic E-state index is 5.11. The Kier molecular flexibility index (Phi) is 3.02. The second kappa shape index (κ2) is 4.11. The predicted octanol–water partition coefficient (Wildman–Crippen LogP) is 0.463. The van der Waals surface area contributed by atoms with E-state index < -0.39 is 0 Å². The normalized spacial score (nSPS) is 8.70. The van der Waals surface area contributed by atoms with Crippen molar-refractivity contribution in [1.29, 1.82) is 0 Å². The SMILES string of the molecule is C#CC[Se]c1ccccn1. The van der Waals surface area contributed by atoms with Crippen LogP contribution in [0.25, 0.3) is 0 Å². The van der Waals surface area contributed by atoms with Crippen molar-refractivity contribution in [2.24, 2.45) is 0 Å². The molecule has 2 heteroatoms. The van der Waals surface area contributed by atoms with Crippen molar-refractivity contribution in [2.45, 2.75) is 5.32 Å². The Balaban J connectivity index is 2.52. The van der Waals surface area contributed by atoms with Gasteiger partial charge >= 0.3 is 66.6 Å². The summed E-state index contributed by atoms with van der Waals surface area (Å²) in [5, 5.41) is 0.837.